The normalized spacial score (nSPS) is 22.8. The van der Waals surface area contributed by atoms with Gasteiger partial charge in [-0.05, 0) is 125 Å². The highest BCUT2D eigenvalue weighted by atomic mass is 16.7. The molecule has 4 rings (SSSR count). The summed E-state index contributed by atoms with van der Waals surface area (Å²) in [6.07, 6.45) is 7.28. The van der Waals surface area contributed by atoms with Crippen LogP contribution in [0.2, 0.25) is 0 Å². The molecule has 0 aliphatic carbocycles. The molecule has 16 atom stereocenters. The Kier molecular flexibility index (Phi) is 56.2. The molecular weight excluding hydrogens is 1600 g/mol. The number of carboxylic acids is 1. The lowest BCUT2D eigenvalue weighted by Crippen LogP contribution is -2.58. The fourth-order valence-electron chi connectivity index (χ4n) is 14.3. The molecule has 0 spiro atoms. The molecule has 33 nitrogen and oxygen atoms in total. The molecule has 1 aromatic carbocycles. The van der Waals surface area contributed by atoms with Crippen molar-refractivity contribution in [2.24, 2.45) is 41.4 Å². The molecule has 700 valence electrons. The zero-order valence-electron chi connectivity index (χ0n) is 75.5. The maximum atomic E-state index is 13.7. The van der Waals surface area contributed by atoms with Crippen molar-refractivity contribution in [3.63, 3.8) is 0 Å². The minimum absolute atomic E-state index is 0.0144. The molecule has 3 fully saturated rings. The van der Waals surface area contributed by atoms with Crippen LogP contribution in [0.1, 0.15) is 263 Å². The monoisotopic (exact) mass is 1750 g/mol. The number of ether oxygens (including phenoxy) is 13. The summed E-state index contributed by atoms with van der Waals surface area (Å²) in [5.41, 5.74) is -0.713. The molecule has 0 aromatic heterocycles. The van der Waals surface area contributed by atoms with Gasteiger partial charge < -0.3 is 98.1 Å². The fraction of sp³-hybridized carbons (Fsp3) is 0.778. The molecular formula is C90H147N5O28. The van der Waals surface area contributed by atoms with Crippen molar-refractivity contribution in [2.75, 3.05) is 92.4 Å². The van der Waals surface area contributed by atoms with Crippen LogP contribution < -0.4 is 26.6 Å². The topological polar surface area (TPSA) is 439 Å². The van der Waals surface area contributed by atoms with Crippen LogP contribution in [0.15, 0.2) is 30.3 Å². The summed E-state index contributed by atoms with van der Waals surface area (Å²) in [6.45, 7) is 23.6. The third-order valence-electron chi connectivity index (χ3n) is 22.6. The van der Waals surface area contributed by atoms with Crippen molar-refractivity contribution in [1.82, 2.24) is 26.6 Å². The second-order valence-corrected chi connectivity index (χ2v) is 33.1. The second kappa shape index (κ2) is 63.2. The highest BCUT2D eigenvalue weighted by molar-refractivity contribution is 5.80. The van der Waals surface area contributed by atoms with Crippen LogP contribution in [0.3, 0.4) is 0 Å². The Hall–Kier alpha value is -7.76. The highest BCUT2D eigenvalue weighted by Gasteiger charge is 2.45. The Bertz CT molecular complexity index is 3190. The number of alkyl carbamates (subject to hydrolysis) is 1. The Labute approximate surface area is 727 Å². The van der Waals surface area contributed by atoms with Crippen molar-refractivity contribution in [3.8, 4) is 0 Å². The molecule has 1 aromatic rings. The summed E-state index contributed by atoms with van der Waals surface area (Å²) in [6, 6.07) is 8.24. The Morgan fingerprint density at radius 2 is 0.732 bits per heavy atom. The minimum Gasteiger partial charge on any atom is -0.481 e. The maximum Gasteiger partial charge on any atom is 0.408 e. The van der Waals surface area contributed by atoms with Gasteiger partial charge in [0, 0.05) is 150 Å². The molecule has 123 heavy (non-hydrogen) atoms. The number of aliphatic carboxylic acids is 1. The summed E-state index contributed by atoms with van der Waals surface area (Å²) in [7, 11) is 0. The molecule has 0 radical (unpaired) electrons. The van der Waals surface area contributed by atoms with Crippen LogP contribution in [0.4, 0.5) is 4.79 Å². The molecule has 3 heterocycles. The predicted octanol–water partition coefficient (Wildman–Crippen LogP) is 10.4. The SMILES string of the molecule is CC(=O)CCCC(=O)O.CC(=O)NC1[C@H](OCCCCC(=O)CCCCCC(=O)CCOCC(COCCC(=O)CCCCCC(=O)CCCCO[C@@H]2OC(COC(C)=O)[C@H](C)[C@H](C)C2C)(COCCC(=O)NCCCNC(=O)CCCCO[C@@H]2OC(COC(C)=O)[C@H](C)[C@H](C)C2NC(C)=O)NC(=O)OCc2ccccc2)OC(COC(C)=O)[C@H](C)[C@@H]1C. The highest BCUT2D eigenvalue weighted by Crippen LogP contribution is 2.37. The van der Waals surface area contributed by atoms with Crippen LogP contribution in [0.5, 0.6) is 0 Å². The van der Waals surface area contributed by atoms with E-state index in [4.69, 9.17) is 66.7 Å². The quantitative estimate of drug-likeness (QED) is 0.0200. The number of hydrogen-bond donors (Lipinski definition) is 6. The average molecular weight is 1750 g/mol. The lowest BCUT2D eigenvalue weighted by molar-refractivity contribution is -0.255. The molecule has 33 heteroatoms. The van der Waals surface area contributed by atoms with Crippen molar-refractivity contribution in [2.45, 2.75) is 318 Å². The first-order valence-corrected chi connectivity index (χ1v) is 44.4. The van der Waals surface area contributed by atoms with Crippen LogP contribution in [0, 0.1) is 41.4 Å². The van der Waals surface area contributed by atoms with E-state index in [1.54, 1.807) is 12.1 Å². The van der Waals surface area contributed by atoms with Gasteiger partial charge in [0.15, 0.2) is 18.9 Å². The number of benzene rings is 1. The van der Waals surface area contributed by atoms with E-state index in [1.165, 1.54) is 41.5 Å². The summed E-state index contributed by atoms with van der Waals surface area (Å²) < 4.78 is 76.5. The number of unbranched alkanes of at least 4 members (excludes halogenated alkanes) is 7. The van der Waals surface area contributed by atoms with E-state index >= 15 is 0 Å². The van der Waals surface area contributed by atoms with Gasteiger partial charge in [-0.15, -0.1) is 0 Å². The Balaban J connectivity index is 0.00000408. The van der Waals surface area contributed by atoms with E-state index < -0.39 is 72.7 Å². The lowest BCUT2D eigenvalue weighted by atomic mass is 9.79. The average Bonchev–Trinajstić information content (AvgIpc) is 0.800. The largest absolute Gasteiger partial charge is 0.481 e. The summed E-state index contributed by atoms with van der Waals surface area (Å²) >= 11 is 0. The Morgan fingerprint density at radius 3 is 1.13 bits per heavy atom. The fourth-order valence-corrected chi connectivity index (χ4v) is 14.3. The van der Waals surface area contributed by atoms with Gasteiger partial charge in [0.2, 0.25) is 23.6 Å². The van der Waals surface area contributed by atoms with Gasteiger partial charge in [0.05, 0.1) is 70.0 Å². The molecule has 3 saturated heterocycles. The second-order valence-electron chi connectivity index (χ2n) is 33.1. The third kappa shape index (κ3) is 49.1. The predicted molar refractivity (Wildman–Crippen MR) is 452 cm³/mol. The number of rotatable bonds is 64. The van der Waals surface area contributed by atoms with Gasteiger partial charge in [-0.25, -0.2) is 4.79 Å². The smallest absolute Gasteiger partial charge is 0.408 e. The number of nitrogens with one attached hydrogen (secondary N) is 5. The number of carboxylic acid groups (broad SMARTS) is 1. The van der Waals surface area contributed by atoms with Crippen LogP contribution >= 0.6 is 0 Å². The van der Waals surface area contributed by atoms with Crippen LogP contribution in [-0.2, 0) is 131 Å². The first kappa shape index (κ1) is 109. The van der Waals surface area contributed by atoms with E-state index in [0.717, 1.165) is 5.56 Å². The number of carbonyl (C=O) groups is 14. The molecule has 6 N–H and O–H groups in total. The number of carbonyl (C=O) groups excluding carboxylic acids is 13. The molecule has 3 aliphatic heterocycles. The summed E-state index contributed by atoms with van der Waals surface area (Å²) in [5.74, 6) is -2.25. The number of ketones is 5. The van der Waals surface area contributed by atoms with Crippen molar-refractivity contribution in [1.29, 1.82) is 0 Å². The maximum absolute atomic E-state index is 13.7. The van der Waals surface area contributed by atoms with Gasteiger partial charge in [0.1, 0.15) is 60.9 Å². The van der Waals surface area contributed by atoms with E-state index in [9.17, 15) is 67.1 Å². The van der Waals surface area contributed by atoms with Gasteiger partial charge in [0.25, 0.3) is 0 Å². The number of amides is 5. The number of Topliss-reactive ketones (excluding diaryl/α,β-unsaturated/α-hetero) is 5. The minimum atomic E-state index is -1.44. The molecule has 7 unspecified atom stereocenters. The summed E-state index contributed by atoms with van der Waals surface area (Å²) in [4.78, 5) is 170. The molecule has 0 saturated carbocycles. The zero-order valence-corrected chi connectivity index (χ0v) is 75.5. The van der Waals surface area contributed by atoms with E-state index in [1.807, 2.05) is 45.9 Å². The van der Waals surface area contributed by atoms with E-state index in [-0.39, 0.29) is 224 Å². The Morgan fingerprint density at radius 1 is 0.366 bits per heavy atom. The number of hydrogen-bond acceptors (Lipinski definition) is 27. The lowest BCUT2D eigenvalue weighted by Gasteiger charge is -2.44. The van der Waals surface area contributed by atoms with Gasteiger partial charge >= 0.3 is 30.0 Å². The van der Waals surface area contributed by atoms with Crippen LogP contribution in [-0.4, -0.2) is 235 Å². The van der Waals surface area contributed by atoms with Crippen LogP contribution in [0.25, 0.3) is 0 Å². The van der Waals surface area contributed by atoms with E-state index in [0.29, 0.717) is 148 Å². The standard InChI is InChI=1S/C84H137N5O25.C6H10O3/c1-56-57(2)73(50-108-65(10)92)112-80(62(56)7)105-43-25-22-35-69(95)31-18-14-20-33-71(97)38-46-102-53-84(89-83(101)111-49-68-29-16-13-17-30-68,54-103-47-39-72(98)34-21-15-19-32-70(96)36-23-26-44-106-81-78(87-63(8)90)60(5)58(3)74(113-81)51-109-66(11)93)55-104-48-40-77(100)86-42-28-41-85-76(99)37-24-27-45-107-82-79(88-64(9)91)61(6)59(4)75(114-82)52-110-67(12)94;1-5(7)3-2-4-6(8)9/h13,16-17,29-30,56-62,73-75,78-82H,14-15,18-28,31-55H2,1-12H3,(H,85,99)(H,86,100)(H,87,90)(H,88,91)(H,89,101);2-4H2,1H3,(H,8,9)/t56-,57+,58+,59+,60-,61-,62?,73?,74?,75?,78?,79?,80+,81+,82+,84?;/m0./s1. The molecule has 0 bridgehead atoms. The molecule has 5 amide bonds. The first-order valence-electron chi connectivity index (χ1n) is 44.4. The molecule has 3 aliphatic rings. The number of esters is 3. The van der Waals surface area contributed by atoms with Crippen molar-refractivity contribution in [3.05, 3.63) is 35.9 Å². The van der Waals surface area contributed by atoms with Crippen molar-refractivity contribution < 1.29 is 134 Å². The van der Waals surface area contributed by atoms with E-state index in [2.05, 4.69) is 47.4 Å². The zero-order chi connectivity index (χ0) is 91.1. The van der Waals surface area contributed by atoms with Gasteiger partial charge in [-0.3, -0.25) is 57.5 Å². The third-order valence-corrected chi connectivity index (χ3v) is 22.6. The van der Waals surface area contributed by atoms with Gasteiger partial charge in [-0.2, -0.15) is 0 Å². The summed E-state index contributed by atoms with van der Waals surface area (Å²) in [5, 5.41) is 22.6. The van der Waals surface area contributed by atoms with Gasteiger partial charge in [-0.1, -0.05) is 91.6 Å². The van der Waals surface area contributed by atoms with Crippen molar-refractivity contribution >= 4 is 82.5 Å². The first-order chi connectivity index (χ1) is 58.6.